The first-order valence-corrected chi connectivity index (χ1v) is 6.06. The largest absolute Gasteiger partial charge is 0.492 e. The number of ether oxygens (including phenoxy) is 2. The van der Waals surface area contributed by atoms with Gasteiger partial charge in [-0.25, -0.2) is 0 Å². The maximum absolute atomic E-state index is 11.4. The fourth-order valence-corrected chi connectivity index (χ4v) is 1.50. The van der Waals surface area contributed by atoms with E-state index in [-0.39, 0.29) is 11.9 Å². The third-order valence-electron chi connectivity index (χ3n) is 2.53. The first kappa shape index (κ1) is 13.6. The van der Waals surface area contributed by atoms with Gasteiger partial charge >= 0.3 is 5.97 Å². The predicted octanol–water partition coefficient (Wildman–Crippen LogP) is 2.83. The molecule has 1 unspecified atom stereocenters. The van der Waals surface area contributed by atoms with E-state index in [9.17, 15) is 4.79 Å². The zero-order valence-corrected chi connectivity index (χ0v) is 10.7. The van der Waals surface area contributed by atoms with Crippen molar-refractivity contribution in [3.05, 3.63) is 29.8 Å². The van der Waals surface area contributed by atoms with Gasteiger partial charge in [0.05, 0.1) is 12.5 Å². The Bertz CT molecular complexity index is 360. The molecule has 0 aromatic heterocycles. The van der Waals surface area contributed by atoms with Crippen molar-refractivity contribution in [2.75, 3.05) is 13.2 Å². The number of carbonyl (C=O) groups excluding carboxylic acids is 1. The lowest BCUT2D eigenvalue weighted by Gasteiger charge is -2.14. The van der Waals surface area contributed by atoms with Crippen LogP contribution in [0.2, 0.25) is 0 Å². The molecule has 1 atom stereocenters. The Morgan fingerprint density at radius 3 is 2.65 bits per heavy atom. The van der Waals surface area contributed by atoms with Gasteiger partial charge in [0, 0.05) is 0 Å². The van der Waals surface area contributed by atoms with E-state index in [1.165, 1.54) is 0 Å². The van der Waals surface area contributed by atoms with Gasteiger partial charge in [-0.05, 0) is 31.9 Å². The van der Waals surface area contributed by atoms with Gasteiger partial charge < -0.3 is 9.47 Å². The molecule has 0 aliphatic carbocycles. The highest BCUT2D eigenvalue weighted by molar-refractivity contribution is 5.72. The van der Waals surface area contributed by atoms with Gasteiger partial charge in [-0.15, -0.1) is 0 Å². The molecular formula is C14H20O3. The van der Waals surface area contributed by atoms with Crippen molar-refractivity contribution in [1.29, 1.82) is 0 Å². The van der Waals surface area contributed by atoms with E-state index in [2.05, 4.69) is 6.92 Å². The molecule has 0 saturated heterocycles. The van der Waals surface area contributed by atoms with Gasteiger partial charge in [-0.1, -0.05) is 25.1 Å². The molecule has 0 amide bonds. The van der Waals surface area contributed by atoms with Crippen LogP contribution in [-0.2, 0) is 16.0 Å². The van der Waals surface area contributed by atoms with Crippen LogP contribution in [0, 0.1) is 5.92 Å². The van der Waals surface area contributed by atoms with Gasteiger partial charge in [0.15, 0.2) is 0 Å². The van der Waals surface area contributed by atoms with E-state index in [4.69, 9.17) is 9.47 Å². The molecule has 0 aliphatic rings. The Morgan fingerprint density at radius 2 is 2.00 bits per heavy atom. The van der Waals surface area contributed by atoms with Crippen molar-refractivity contribution < 1.29 is 14.3 Å². The lowest BCUT2D eigenvalue weighted by atomic mass is 10.1. The number of carbonyl (C=O) groups is 1. The van der Waals surface area contributed by atoms with Crippen molar-refractivity contribution in [2.45, 2.75) is 27.2 Å². The Morgan fingerprint density at radius 1 is 1.29 bits per heavy atom. The van der Waals surface area contributed by atoms with E-state index in [1.54, 1.807) is 6.92 Å². The second-order valence-electron chi connectivity index (χ2n) is 3.93. The molecule has 94 valence electrons. The van der Waals surface area contributed by atoms with Crippen LogP contribution in [0.15, 0.2) is 24.3 Å². The predicted molar refractivity (Wildman–Crippen MR) is 67.1 cm³/mol. The lowest BCUT2D eigenvalue weighted by Crippen LogP contribution is -2.21. The van der Waals surface area contributed by atoms with Crippen molar-refractivity contribution in [2.24, 2.45) is 5.92 Å². The average molecular weight is 236 g/mol. The van der Waals surface area contributed by atoms with Crippen LogP contribution in [0.5, 0.6) is 5.75 Å². The number of rotatable bonds is 6. The second-order valence-corrected chi connectivity index (χ2v) is 3.93. The van der Waals surface area contributed by atoms with E-state index >= 15 is 0 Å². The minimum atomic E-state index is -0.236. The number of esters is 1. The molecule has 0 saturated carbocycles. The number of aryl methyl sites for hydroxylation is 1. The highest BCUT2D eigenvalue weighted by Crippen LogP contribution is 2.19. The third kappa shape index (κ3) is 4.10. The fraction of sp³-hybridized carbons (Fsp3) is 0.500. The summed E-state index contributed by atoms with van der Waals surface area (Å²) < 4.78 is 10.6. The maximum atomic E-state index is 11.4. The van der Waals surface area contributed by atoms with E-state index in [1.807, 2.05) is 31.2 Å². The summed E-state index contributed by atoms with van der Waals surface area (Å²) in [6, 6.07) is 7.88. The van der Waals surface area contributed by atoms with Gasteiger partial charge in [0.2, 0.25) is 0 Å². The normalized spacial score (nSPS) is 11.9. The second kappa shape index (κ2) is 6.94. The highest BCUT2D eigenvalue weighted by Gasteiger charge is 2.15. The number of benzene rings is 1. The van der Waals surface area contributed by atoms with Crippen LogP contribution in [0.25, 0.3) is 0 Å². The van der Waals surface area contributed by atoms with Crippen molar-refractivity contribution in [1.82, 2.24) is 0 Å². The minimum Gasteiger partial charge on any atom is -0.492 e. The summed E-state index contributed by atoms with van der Waals surface area (Å²) in [4.78, 5) is 11.4. The Hall–Kier alpha value is -1.51. The average Bonchev–Trinajstić information content (AvgIpc) is 2.36. The topological polar surface area (TPSA) is 35.5 Å². The SMILES string of the molecule is CCOC(=O)C(C)COc1ccccc1CC. The molecule has 1 aromatic rings. The smallest absolute Gasteiger partial charge is 0.312 e. The maximum Gasteiger partial charge on any atom is 0.312 e. The summed E-state index contributed by atoms with van der Waals surface area (Å²) in [6.07, 6.45) is 0.921. The first-order chi connectivity index (χ1) is 8.19. The fourth-order valence-electron chi connectivity index (χ4n) is 1.50. The van der Waals surface area contributed by atoms with Crippen molar-refractivity contribution in [3.8, 4) is 5.75 Å². The molecule has 1 aromatic carbocycles. The zero-order valence-electron chi connectivity index (χ0n) is 10.7. The summed E-state index contributed by atoms with van der Waals surface area (Å²) in [5.41, 5.74) is 1.16. The minimum absolute atomic E-state index is 0.207. The number of hydrogen-bond acceptors (Lipinski definition) is 3. The monoisotopic (exact) mass is 236 g/mol. The quantitative estimate of drug-likeness (QED) is 0.712. The van der Waals surface area contributed by atoms with E-state index < -0.39 is 0 Å². The Balaban J connectivity index is 2.52. The molecule has 1 rings (SSSR count). The van der Waals surface area contributed by atoms with Crippen LogP contribution in [0.4, 0.5) is 0 Å². The molecule has 3 heteroatoms. The van der Waals surface area contributed by atoms with Crippen molar-refractivity contribution in [3.63, 3.8) is 0 Å². The summed E-state index contributed by atoms with van der Waals surface area (Å²) >= 11 is 0. The molecular weight excluding hydrogens is 216 g/mol. The number of hydrogen-bond donors (Lipinski definition) is 0. The summed E-state index contributed by atoms with van der Waals surface area (Å²) in [6.45, 7) is 6.46. The molecule has 0 bridgehead atoms. The van der Waals surface area contributed by atoms with Crippen molar-refractivity contribution >= 4 is 5.97 Å². The van der Waals surface area contributed by atoms with Gasteiger partial charge in [-0.2, -0.15) is 0 Å². The van der Waals surface area contributed by atoms with Crippen LogP contribution in [0.3, 0.4) is 0 Å². The van der Waals surface area contributed by atoms with Crippen LogP contribution < -0.4 is 4.74 Å². The van der Waals surface area contributed by atoms with Crippen LogP contribution in [0.1, 0.15) is 26.3 Å². The van der Waals surface area contributed by atoms with Crippen LogP contribution in [-0.4, -0.2) is 19.2 Å². The lowest BCUT2D eigenvalue weighted by molar-refractivity contribution is -0.148. The summed E-state index contributed by atoms with van der Waals surface area (Å²) in [5.74, 6) is 0.410. The molecule has 3 nitrogen and oxygen atoms in total. The molecule has 0 radical (unpaired) electrons. The summed E-state index contributed by atoms with van der Waals surface area (Å²) in [7, 11) is 0. The third-order valence-corrected chi connectivity index (χ3v) is 2.53. The standard InChI is InChI=1S/C14H20O3/c1-4-12-8-6-7-9-13(12)17-10-11(3)14(15)16-5-2/h6-9,11H,4-5,10H2,1-3H3. The zero-order chi connectivity index (χ0) is 12.7. The Kier molecular flexibility index (Phi) is 5.53. The van der Waals surface area contributed by atoms with Gasteiger partial charge in [0.25, 0.3) is 0 Å². The summed E-state index contributed by atoms with van der Waals surface area (Å²) in [5, 5.41) is 0. The van der Waals surface area contributed by atoms with Gasteiger partial charge in [0.1, 0.15) is 12.4 Å². The molecule has 0 spiro atoms. The van der Waals surface area contributed by atoms with E-state index in [0.717, 1.165) is 17.7 Å². The first-order valence-electron chi connectivity index (χ1n) is 6.06. The number of para-hydroxylation sites is 1. The molecule has 0 aliphatic heterocycles. The molecule has 0 N–H and O–H groups in total. The van der Waals surface area contributed by atoms with Crippen LogP contribution >= 0.6 is 0 Å². The molecule has 0 fully saturated rings. The van der Waals surface area contributed by atoms with E-state index in [0.29, 0.717) is 13.2 Å². The molecule has 17 heavy (non-hydrogen) atoms. The Labute approximate surface area is 103 Å². The molecule has 0 heterocycles. The van der Waals surface area contributed by atoms with Gasteiger partial charge in [-0.3, -0.25) is 4.79 Å². The highest BCUT2D eigenvalue weighted by atomic mass is 16.5.